The van der Waals surface area contributed by atoms with Crippen LogP contribution in [0, 0.1) is 29.1 Å². The molecule has 174 valence electrons. The van der Waals surface area contributed by atoms with Crippen LogP contribution in [0.1, 0.15) is 37.2 Å². The van der Waals surface area contributed by atoms with Gasteiger partial charge in [0.05, 0.1) is 34.8 Å². The average Bonchev–Trinajstić information content (AvgIpc) is 3.47. The molecule has 4 amide bonds. The molecular formula is C26H24N2O6. The third kappa shape index (κ3) is 2.63. The van der Waals surface area contributed by atoms with Crippen LogP contribution in [0.2, 0.25) is 0 Å². The summed E-state index contributed by atoms with van der Waals surface area (Å²) < 4.78 is 5.94. The van der Waals surface area contributed by atoms with E-state index < -0.39 is 29.1 Å². The van der Waals surface area contributed by atoms with Crippen molar-refractivity contribution in [3.05, 3.63) is 65.6 Å². The molecule has 0 bridgehead atoms. The van der Waals surface area contributed by atoms with Gasteiger partial charge in [-0.15, -0.1) is 0 Å². The lowest BCUT2D eigenvalue weighted by Crippen LogP contribution is -2.48. The summed E-state index contributed by atoms with van der Waals surface area (Å²) in [7, 11) is 0. The molecule has 2 N–H and O–H groups in total. The van der Waals surface area contributed by atoms with Gasteiger partial charge in [-0.1, -0.05) is 29.8 Å². The number of nitrogens with zero attached hydrogens (tertiary/aromatic N) is 1. The number of hydrogen-bond donors (Lipinski definition) is 2. The minimum Gasteiger partial charge on any atom is -0.463 e. The Labute approximate surface area is 195 Å². The van der Waals surface area contributed by atoms with Crippen LogP contribution < -0.4 is 10.2 Å². The van der Waals surface area contributed by atoms with Gasteiger partial charge in [0.15, 0.2) is 0 Å². The molecule has 2 aliphatic heterocycles. The van der Waals surface area contributed by atoms with E-state index in [-0.39, 0.29) is 36.2 Å². The highest BCUT2D eigenvalue weighted by molar-refractivity contribution is 6.24. The highest BCUT2D eigenvalue weighted by atomic mass is 16.4. The summed E-state index contributed by atoms with van der Waals surface area (Å²) >= 11 is 0. The minimum absolute atomic E-state index is 0.282. The summed E-state index contributed by atoms with van der Waals surface area (Å²) in [6, 6.07) is 12.2. The van der Waals surface area contributed by atoms with Crippen molar-refractivity contribution >= 4 is 29.3 Å². The number of para-hydroxylation sites is 1. The summed E-state index contributed by atoms with van der Waals surface area (Å²) in [6.45, 7) is 1.51. The van der Waals surface area contributed by atoms with Gasteiger partial charge < -0.3 is 9.52 Å². The fraction of sp³-hybridized carbons (Fsp3) is 0.385. The van der Waals surface area contributed by atoms with Gasteiger partial charge in [0.1, 0.15) is 18.1 Å². The third-order valence-corrected chi connectivity index (χ3v) is 8.25. The zero-order valence-corrected chi connectivity index (χ0v) is 18.6. The molecule has 6 atom stereocenters. The Bertz CT molecular complexity index is 1260. The van der Waals surface area contributed by atoms with Crippen LogP contribution in [0.25, 0.3) is 0 Å². The lowest BCUT2D eigenvalue weighted by atomic mass is 9.52. The molecule has 8 nitrogen and oxygen atoms in total. The maximum absolute atomic E-state index is 14.0. The highest BCUT2D eigenvalue weighted by Crippen LogP contribution is 2.63. The van der Waals surface area contributed by atoms with Crippen molar-refractivity contribution in [1.82, 2.24) is 5.32 Å². The predicted octanol–water partition coefficient (Wildman–Crippen LogP) is 2.29. The number of anilines is 1. The Balaban J connectivity index is 1.53. The summed E-state index contributed by atoms with van der Waals surface area (Å²) in [5.74, 6) is -3.04. The first kappa shape index (κ1) is 21.0. The number of aliphatic hydroxyl groups excluding tert-OH is 1. The van der Waals surface area contributed by atoms with Crippen molar-refractivity contribution in [3.63, 3.8) is 0 Å². The molecule has 4 aliphatic rings. The van der Waals surface area contributed by atoms with E-state index in [1.807, 2.05) is 12.1 Å². The molecule has 0 radical (unpaired) electrons. The molecule has 34 heavy (non-hydrogen) atoms. The van der Waals surface area contributed by atoms with Crippen LogP contribution in [0.15, 0.2) is 58.5 Å². The van der Waals surface area contributed by atoms with Gasteiger partial charge in [0, 0.05) is 0 Å². The molecule has 2 aromatic rings. The Kier molecular flexibility index (Phi) is 4.48. The topological polar surface area (TPSA) is 117 Å². The molecule has 2 aliphatic carbocycles. The SMILES string of the molecule is C[C@@]12C(=O)N(c3ccccc3)C(=O)[C@@H]1C[C@@H]1C(=CC[C@@H]3C(=O)NC(=O)[C@@H]31)[C@@H]2c1ccc(CO)o1. The fourth-order valence-corrected chi connectivity index (χ4v) is 6.69. The lowest BCUT2D eigenvalue weighted by molar-refractivity contribution is -0.131. The van der Waals surface area contributed by atoms with E-state index in [0.29, 0.717) is 30.0 Å². The minimum atomic E-state index is -1.13. The largest absolute Gasteiger partial charge is 0.463 e. The van der Waals surface area contributed by atoms with Crippen molar-refractivity contribution in [2.45, 2.75) is 32.3 Å². The number of amides is 4. The van der Waals surface area contributed by atoms with Gasteiger partial charge in [0.25, 0.3) is 0 Å². The Hall–Kier alpha value is -3.52. The van der Waals surface area contributed by atoms with Crippen molar-refractivity contribution in [1.29, 1.82) is 0 Å². The number of benzene rings is 1. The number of hydrogen-bond acceptors (Lipinski definition) is 6. The number of allylic oxidation sites excluding steroid dienone is 2. The van der Waals surface area contributed by atoms with E-state index >= 15 is 0 Å². The molecule has 1 aromatic heterocycles. The van der Waals surface area contributed by atoms with Gasteiger partial charge in [-0.25, -0.2) is 4.90 Å². The van der Waals surface area contributed by atoms with E-state index in [1.165, 1.54) is 4.90 Å². The molecule has 2 saturated heterocycles. The number of fused-ring (bicyclic) bond motifs is 4. The van der Waals surface area contributed by atoms with Crippen LogP contribution in [0.5, 0.6) is 0 Å². The highest BCUT2D eigenvalue weighted by Gasteiger charge is 2.67. The quantitative estimate of drug-likeness (QED) is 0.536. The van der Waals surface area contributed by atoms with Crippen molar-refractivity contribution in [2.24, 2.45) is 29.1 Å². The first-order valence-corrected chi connectivity index (χ1v) is 11.5. The zero-order chi connectivity index (χ0) is 23.8. The molecule has 1 saturated carbocycles. The Morgan fingerprint density at radius 2 is 1.82 bits per heavy atom. The molecule has 1 aromatic carbocycles. The van der Waals surface area contributed by atoms with E-state index in [1.54, 1.807) is 43.3 Å². The van der Waals surface area contributed by atoms with Gasteiger partial charge in [-0.2, -0.15) is 0 Å². The Morgan fingerprint density at radius 1 is 1.06 bits per heavy atom. The monoisotopic (exact) mass is 460 g/mol. The fourth-order valence-electron chi connectivity index (χ4n) is 6.69. The number of nitrogens with one attached hydrogen (secondary N) is 1. The number of carbonyl (C=O) groups is 4. The number of imide groups is 2. The van der Waals surface area contributed by atoms with Crippen LogP contribution in [-0.2, 0) is 25.8 Å². The maximum Gasteiger partial charge on any atom is 0.241 e. The number of aliphatic hydroxyl groups is 1. The second-order valence-corrected chi connectivity index (χ2v) is 9.81. The van der Waals surface area contributed by atoms with Gasteiger partial charge in [-0.3, -0.25) is 24.5 Å². The summed E-state index contributed by atoms with van der Waals surface area (Å²) in [5.41, 5.74) is 0.233. The molecule has 0 unspecified atom stereocenters. The van der Waals surface area contributed by atoms with Gasteiger partial charge in [0.2, 0.25) is 23.6 Å². The lowest BCUT2D eigenvalue weighted by Gasteiger charge is -2.48. The molecular weight excluding hydrogens is 436 g/mol. The van der Waals surface area contributed by atoms with Crippen molar-refractivity contribution in [3.8, 4) is 0 Å². The van der Waals surface area contributed by atoms with E-state index in [2.05, 4.69) is 5.32 Å². The standard InChI is InChI=1S/C26H24N2O6/c1-26-18(24(32)28(25(26)33)13-5-3-2-4-6-13)11-17-15(21(26)19-10-7-14(12-29)34-19)8-9-16-20(17)23(31)27-22(16)30/h2-8,10,16-18,20-21,29H,9,11-12H2,1H3,(H,27,30,31)/t16-,17+,18-,20-,21+,26+/m0/s1. The van der Waals surface area contributed by atoms with E-state index in [9.17, 15) is 24.3 Å². The van der Waals surface area contributed by atoms with E-state index in [0.717, 1.165) is 5.57 Å². The second-order valence-electron chi connectivity index (χ2n) is 9.81. The first-order valence-electron chi connectivity index (χ1n) is 11.5. The predicted molar refractivity (Wildman–Crippen MR) is 119 cm³/mol. The van der Waals surface area contributed by atoms with Gasteiger partial charge >= 0.3 is 0 Å². The third-order valence-electron chi connectivity index (χ3n) is 8.25. The molecule has 0 spiro atoms. The number of carbonyl (C=O) groups excluding carboxylic acids is 4. The van der Waals surface area contributed by atoms with Crippen LogP contribution in [0.4, 0.5) is 5.69 Å². The first-order chi connectivity index (χ1) is 16.4. The zero-order valence-electron chi connectivity index (χ0n) is 18.6. The molecule has 3 fully saturated rings. The van der Waals surface area contributed by atoms with Crippen LogP contribution >= 0.6 is 0 Å². The summed E-state index contributed by atoms with van der Waals surface area (Å²) in [4.78, 5) is 54.2. The van der Waals surface area contributed by atoms with E-state index in [4.69, 9.17) is 4.42 Å². The Morgan fingerprint density at radius 3 is 2.53 bits per heavy atom. The summed E-state index contributed by atoms with van der Waals surface area (Å²) in [6.07, 6.45) is 2.66. The van der Waals surface area contributed by atoms with Crippen molar-refractivity contribution < 1.29 is 28.7 Å². The van der Waals surface area contributed by atoms with Crippen LogP contribution in [-0.4, -0.2) is 28.7 Å². The number of rotatable bonds is 3. The average molecular weight is 460 g/mol. The van der Waals surface area contributed by atoms with Gasteiger partial charge in [-0.05, 0) is 49.9 Å². The molecule has 3 heterocycles. The summed E-state index contributed by atoms with van der Waals surface area (Å²) in [5, 5.41) is 12.0. The molecule has 6 rings (SSSR count). The smallest absolute Gasteiger partial charge is 0.241 e. The van der Waals surface area contributed by atoms with Crippen LogP contribution in [0.3, 0.4) is 0 Å². The second kappa shape index (κ2) is 7.24. The normalized spacial score (nSPS) is 34.5. The molecule has 8 heteroatoms. The maximum atomic E-state index is 14.0. The number of furan rings is 1. The van der Waals surface area contributed by atoms with Crippen molar-refractivity contribution in [2.75, 3.05) is 4.90 Å².